The summed E-state index contributed by atoms with van der Waals surface area (Å²) in [6, 6.07) is 5.30. The zero-order valence-electron chi connectivity index (χ0n) is 8.42. The first-order chi connectivity index (χ1) is 7.93. The number of benzene rings is 1. The van der Waals surface area contributed by atoms with E-state index in [4.69, 9.17) is 16.7 Å². The van der Waals surface area contributed by atoms with E-state index in [0.717, 1.165) is 6.07 Å². The van der Waals surface area contributed by atoms with Crippen molar-refractivity contribution in [1.29, 1.82) is 0 Å². The standard InChI is InChI=1S/C11H7ClF3NO/c12-7-4-9(11(13,14)15)16-8-3-1-2-6(5-17)10(7)8/h1-4,17H,5H2. The monoisotopic (exact) mass is 261 g/mol. The Bertz CT molecular complexity index is 568. The van der Waals surface area contributed by atoms with Gasteiger partial charge in [-0.2, -0.15) is 13.2 Å². The number of alkyl halides is 3. The predicted molar refractivity (Wildman–Crippen MR) is 57.7 cm³/mol. The summed E-state index contributed by atoms with van der Waals surface area (Å²) in [5.74, 6) is 0. The molecule has 0 aliphatic rings. The number of fused-ring (bicyclic) bond motifs is 1. The number of nitrogens with zero attached hydrogens (tertiary/aromatic N) is 1. The van der Waals surface area contributed by atoms with Gasteiger partial charge in [0.2, 0.25) is 0 Å². The first-order valence-corrected chi connectivity index (χ1v) is 5.07. The van der Waals surface area contributed by atoms with Crippen molar-refractivity contribution in [1.82, 2.24) is 4.98 Å². The van der Waals surface area contributed by atoms with E-state index in [1.165, 1.54) is 12.1 Å². The first kappa shape index (κ1) is 12.1. The van der Waals surface area contributed by atoms with E-state index in [1.54, 1.807) is 6.07 Å². The normalized spacial score (nSPS) is 12.1. The molecule has 0 fully saturated rings. The number of halogens is 4. The number of aromatic nitrogens is 1. The fourth-order valence-electron chi connectivity index (χ4n) is 1.59. The Morgan fingerprint density at radius 2 is 2.00 bits per heavy atom. The summed E-state index contributed by atoms with van der Waals surface area (Å²) in [4.78, 5) is 3.50. The van der Waals surface area contributed by atoms with Gasteiger partial charge in [-0.3, -0.25) is 0 Å². The summed E-state index contributed by atoms with van der Waals surface area (Å²) in [6.07, 6.45) is -4.53. The molecule has 90 valence electrons. The molecule has 0 unspecified atom stereocenters. The third kappa shape index (κ3) is 2.21. The lowest BCUT2D eigenvalue weighted by Gasteiger charge is -2.10. The van der Waals surface area contributed by atoms with Crippen LogP contribution in [0.3, 0.4) is 0 Å². The number of hydrogen-bond donors (Lipinski definition) is 1. The third-order valence-corrected chi connectivity index (χ3v) is 2.63. The molecular weight excluding hydrogens is 255 g/mol. The van der Waals surface area contributed by atoms with Gasteiger partial charge in [0.1, 0.15) is 5.69 Å². The highest BCUT2D eigenvalue weighted by Gasteiger charge is 2.33. The average molecular weight is 262 g/mol. The Balaban J connectivity index is 2.76. The smallest absolute Gasteiger partial charge is 0.392 e. The maximum absolute atomic E-state index is 12.5. The van der Waals surface area contributed by atoms with Crippen molar-refractivity contribution >= 4 is 22.5 Å². The molecule has 1 aromatic carbocycles. The highest BCUT2D eigenvalue weighted by molar-refractivity contribution is 6.35. The van der Waals surface area contributed by atoms with Gasteiger partial charge >= 0.3 is 6.18 Å². The van der Waals surface area contributed by atoms with Crippen molar-refractivity contribution in [2.24, 2.45) is 0 Å². The second-order valence-corrected chi connectivity index (χ2v) is 3.86. The van der Waals surface area contributed by atoms with Gasteiger partial charge in [0.25, 0.3) is 0 Å². The molecule has 0 spiro atoms. The molecule has 1 aromatic heterocycles. The number of aliphatic hydroxyl groups is 1. The molecule has 0 atom stereocenters. The molecule has 0 radical (unpaired) electrons. The summed E-state index contributed by atoms with van der Waals surface area (Å²) in [6.45, 7) is -0.301. The van der Waals surface area contributed by atoms with Crippen LogP contribution in [0.1, 0.15) is 11.3 Å². The fourth-order valence-corrected chi connectivity index (χ4v) is 1.91. The average Bonchev–Trinajstić information content (AvgIpc) is 2.26. The van der Waals surface area contributed by atoms with Crippen LogP contribution in [0.2, 0.25) is 5.02 Å². The minimum atomic E-state index is -4.53. The minimum Gasteiger partial charge on any atom is -0.392 e. The molecule has 2 aromatic rings. The van der Waals surface area contributed by atoms with E-state index in [9.17, 15) is 13.2 Å². The molecule has 1 N–H and O–H groups in total. The molecule has 0 aliphatic heterocycles. The molecule has 17 heavy (non-hydrogen) atoms. The van der Waals surface area contributed by atoms with Crippen LogP contribution in [0.25, 0.3) is 10.9 Å². The van der Waals surface area contributed by atoms with Gasteiger partial charge in [0.15, 0.2) is 0 Å². The van der Waals surface area contributed by atoms with Gasteiger partial charge in [-0.05, 0) is 17.7 Å². The molecule has 6 heteroatoms. The van der Waals surface area contributed by atoms with E-state index in [-0.39, 0.29) is 17.1 Å². The van der Waals surface area contributed by atoms with Crippen LogP contribution in [0.5, 0.6) is 0 Å². The van der Waals surface area contributed by atoms with Crippen LogP contribution >= 0.6 is 11.6 Å². The Labute approximate surface area is 99.7 Å². The van der Waals surface area contributed by atoms with E-state index in [2.05, 4.69) is 4.98 Å². The Hall–Kier alpha value is -1.33. The quantitative estimate of drug-likeness (QED) is 0.853. The lowest BCUT2D eigenvalue weighted by Crippen LogP contribution is -2.08. The van der Waals surface area contributed by atoms with Gasteiger partial charge < -0.3 is 5.11 Å². The van der Waals surface area contributed by atoms with Crippen LogP contribution in [0.4, 0.5) is 13.2 Å². The van der Waals surface area contributed by atoms with Crippen molar-refractivity contribution in [2.45, 2.75) is 12.8 Å². The third-order valence-electron chi connectivity index (χ3n) is 2.33. The topological polar surface area (TPSA) is 33.1 Å². The maximum Gasteiger partial charge on any atom is 0.433 e. The van der Waals surface area contributed by atoms with Crippen LogP contribution in [-0.4, -0.2) is 10.1 Å². The number of pyridine rings is 1. The molecule has 0 amide bonds. The Morgan fingerprint density at radius 1 is 1.29 bits per heavy atom. The second-order valence-electron chi connectivity index (χ2n) is 3.46. The van der Waals surface area contributed by atoms with E-state index in [1.807, 2.05) is 0 Å². The molecular formula is C11H7ClF3NO. The molecule has 2 nitrogen and oxygen atoms in total. The summed E-state index contributed by atoms with van der Waals surface area (Å²) < 4.78 is 37.5. The summed E-state index contributed by atoms with van der Waals surface area (Å²) in [5.41, 5.74) is -0.463. The lowest BCUT2D eigenvalue weighted by atomic mass is 10.1. The number of aliphatic hydroxyl groups excluding tert-OH is 1. The van der Waals surface area contributed by atoms with Gasteiger partial charge in [-0.25, -0.2) is 4.98 Å². The fraction of sp³-hybridized carbons (Fsp3) is 0.182. The maximum atomic E-state index is 12.5. The lowest BCUT2D eigenvalue weighted by molar-refractivity contribution is -0.140. The number of rotatable bonds is 1. The van der Waals surface area contributed by atoms with Gasteiger partial charge in [0, 0.05) is 5.39 Å². The van der Waals surface area contributed by atoms with Crippen LogP contribution in [-0.2, 0) is 12.8 Å². The SMILES string of the molecule is OCc1cccc2nc(C(F)(F)F)cc(Cl)c12. The molecule has 1 heterocycles. The summed E-state index contributed by atoms with van der Waals surface area (Å²) >= 11 is 5.80. The summed E-state index contributed by atoms with van der Waals surface area (Å²) in [5, 5.41) is 9.37. The zero-order valence-corrected chi connectivity index (χ0v) is 9.18. The van der Waals surface area contributed by atoms with Crippen LogP contribution in [0.15, 0.2) is 24.3 Å². The minimum absolute atomic E-state index is 0.0630. The van der Waals surface area contributed by atoms with Gasteiger partial charge in [-0.15, -0.1) is 0 Å². The van der Waals surface area contributed by atoms with Crippen molar-refractivity contribution < 1.29 is 18.3 Å². The van der Waals surface area contributed by atoms with E-state index >= 15 is 0 Å². The molecule has 2 rings (SSSR count). The molecule has 0 saturated carbocycles. The van der Waals surface area contributed by atoms with Gasteiger partial charge in [0.05, 0.1) is 17.1 Å². The van der Waals surface area contributed by atoms with E-state index < -0.39 is 11.9 Å². The highest BCUT2D eigenvalue weighted by atomic mass is 35.5. The first-order valence-electron chi connectivity index (χ1n) is 4.69. The molecule has 0 aliphatic carbocycles. The predicted octanol–water partition coefficient (Wildman–Crippen LogP) is 3.40. The van der Waals surface area contributed by atoms with Crippen molar-refractivity contribution in [3.05, 3.63) is 40.5 Å². The Kier molecular flexibility index (Phi) is 2.97. The van der Waals surface area contributed by atoms with E-state index in [0.29, 0.717) is 10.9 Å². The van der Waals surface area contributed by atoms with Gasteiger partial charge in [-0.1, -0.05) is 23.7 Å². The largest absolute Gasteiger partial charge is 0.433 e. The zero-order chi connectivity index (χ0) is 12.6. The van der Waals surface area contributed by atoms with Crippen LogP contribution in [0, 0.1) is 0 Å². The summed E-state index contributed by atoms with van der Waals surface area (Å²) in [7, 11) is 0. The van der Waals surface area contributed by atoms with Crippen molar-refractivity contribution in [3.8, 4) is 0 Å². The molecule has 0 bridgehead atoms. The van der Waals surface area contributed by atoms with Crippen molar-refractivity contribution in [2.75, 3.05) is 0 Å². The molecule has 0 saturated heterocycles. The Morgan fingerprint density at radius 3 is 2.59 bits per heavy atom. The highest BCUT2D eigenvalue weighted by Crippen LogP contribution is 2.33. The number of hydrogen-bond acceptors (Lipinski definition) is 2. The van der Waals surface area contributed by atoms with Crippen LogP contribution < -0.4 is 0 Å². The van der Waals surface area contributed by atoms with Crippen molar-refractivity contribution in [3.63, 3.8) is 0 Å². The second kappa shape index (κ2) is 4.16.